The van der Waals surface area contributed by atoms with Gasteiger partial charge in [-0.1, -0.05) is 23.9 Å². The molecule has 0 radical (unpaired) electrons. The highest BCUT2D eigenvalue weighted by atomic mass is 32.2. The van der Waals surface area contributed by atoms with E-state index in [9.17, 15) is 9.18 Å². The highest BCUT2D eigenvalue weighted by molar-refractivity contribution is 8.00. The second-order valence-electron chi connectivity index (χ2n) is 6.52. The quantitative estimate of drug-likeness (QED) is 0.582. The van der Waals surface area contributed by atoms with Crippen molar-refractivity contribution in [1.82, 2.24) is 20.0 Å². The number of hydrogen-bond acceptors (Lipinski definition) is 7. The molecule has 154 valence electrons. The van der Waals surface area contributed by atoms with Crippen molar-refractivity contribution >= 4 is 23.4 Å². The number of aryl methyl sites for hydroxylation is 2. The first-order valence-electron chi connectivity index (χ1n) is 8.98. The summed E-state index contributed by atoms with van der Waals surface area (Å²) in [5.41, 5.74) is 2.31. The standard InChI is InChI=1S/C19H22FN5O3S/c1-10-16(11(2)25(5)24-10)21-17(26)13(4)29-19-23-22-18(28-19)12(3)27-15-9-7-6-8-14(15)20/h6-9,12-13H,1-5H3,(H,21,26)/t12-,13+/m1/s1. The van der Waals surface area contributed by atoms with E-state index in [4.69, 9.17) is 9.15 Å². The van der Waals surface area contributed by atoms with Gasteiger partial charge in [-0.2, -0.15) is 5.10 Å². The maximum atomic E-state index is 13.7. The van der Waals surface area contributed by atoms with Crippen LogP contribution in [0, 0.1) is 19.7 Å². The predicted molar refractivity (Wildman–Crippen MR) is 106 cm³/mol. The lowest BCUT2D eigenvalue weighted by molar-refractivity contribution is -0.115. The highest BCUT2D eigenvalue weighted by Crippen LogP contribution is 2.28. The SMILES string of the molecule is Cc1nn(C)c(C)c1NC(=O)[C@H](C)Sc1nnc([C@@H](C)Oc2ccccc2F)o1. The van der Waals surface area contributed by atoms with E-state index in [0.717, 1.165) is 23.1 Å². The lowest BCUT2D eigenvalue weighted by atomic mass is 10.3. The van der Waals surface area contributed by atoms with Crippen molar-refractivity contribution in [2.45, 2.75) is 44.3 Å². The molecule has 0 saturated heterocycles. The van der Waals surface area contributed by atoms with Gasteiger partial charge in [-0.15, -0.1) is 10.2 Å². The molecule has 0 aliphatic carbocycles. The van der Waals surface area contributed by atoms with E-state index in [-0.39, 0.29) is 22.8 Å². The number of ether oxygens (including phenoxy) is 1. The van der Waals surface area contributed by atoms with Gasteiger partial charge in [-0.25, -0.2) is 4.39 Å². The number of carbonyl (C=O) groups excluding carboxylic acids is 1. The molecule has 10 heteroatoms. The summed E-state index contributed by atoms with van der Waals surface area (Å²) in [6, 6.07) is 6.08. The molecule has 0 bridgehead atoms. The van der Waals surface area contributed by atoms with E-state index in [1.54, 1.807) is 30.7 Å². The number of anilines is 1. The first-order valence-corrected chi connectivity index (χ1v) is 9.86. The largest absolute Gasteiger partial charge is 0.478 e. The lowest BCUT2D eigenvalue weighted by Crippen LogP contribution is -2.23. The van der Waals surface area contributed by atoms with E-state index < -0.39 is 17.2 Å². The van der Waals surface area contributed by atoms with Gasteiger partial charge in [0.15, 0.2) is 17.7 Å². The molecule has 2 aromatic heterocycles. The van der Waals surface area contributed by atoms with Crippen molar-refractivity contribution in [3.63, 3.8) is 0 Å². The van der Waals surface area contributed by atoms with Crippen molar-refractivity contribution in [2.75, 3.05) is 5.32 Å². The predicted octanol–water partition coefficient (Wildman–Crippen LogP) is 3.82. The van der Waals surface area contributed by atoms with Gasteiger partial charge in [0.1, 0.15) is 0 Å². The van der Waals surface area contributed by atoms with Gasteiger partial charge in [0.05, 0.1) is 22.3 Å². The minimum absolute atomic E-state index is 0.0994. The third-order valence-corrected chi connectivity index (χ3v) is 5.25. The van der Waals surface area contributed by atoms with E-state index >= 15 is 0 Å². The fourth-order valence-electron chi connectivity index (χ4n) is 2.60. The first-order chi connectivity index (χ1) is 13.8. The van der Waals surface area contributed by atoms with Crippen LogP contribution in [-0.2, 0) is 11.8 Å². The Morgan fingerprint density at radius 1 is 1.28 bits per heavy atom. The summed E-state index contributed by atoms with van der Waals surface area (Å²) in [5.74, 6) is -0.381. The molecular formula is C19H22FN5O3S. The number of benzene rings is 1. The van der Waals surface area contributed by atoms with Crippen molar-refractivity contribution in [2.24, 2.45) is 7.05 Å². The maximum absolute atomic E-state index is 13.7. The minimum atomic E-state index is -0.640. The minimum Gasteiger partial charge on any atom is -0.478 e. The molecule has 1 aromatic carbocycles. The summed E-state index contributed by atoms with van der Waals surface area (Å²) in [7, 11) is 1.82. The monoisotopic (exact) mass is 419 g/mol. The zero-order valence-corrected chi connectivity index (χ0v) is 17.6. The van der Waals surface area contributed by atoms with Crippen molar-refractivity contribution in [1.29, 1.82) is 0 Å². The van der Waals surface area contributed by atoms with Crippen molar-refractivity contribution in [3.8, 4) is 5.75 Å². The Bertz CT molecular complexity index is 1020. The summed E-state index contributed by atoms with van der Waals surface area (Å²) in [5, 5.41) is 14.8. The normalized spacial score (nSPS) is 13.2. The summed E-state index contributed by atoms with van der Waals surface area (Å²) >= 11 is 1.13. The molecule has 0 saturated carbocycles. The molecule has 0 aliphatic heterocycles. The smallest absolute Gasteiger partial charge is 0.277 e. The van der Waals surface area contributed by atoms with Gasteiger partial charge in [0, 0.05) is 7.05 Å². The van der Waals surface area contributed by atoms with Gasteiger partial charge < -0.3 is 14.5 Å². The van der Waals surface area contributed by atoms with Gasteiger partial charge in [-0.3, -0.25) is 9.48 Å². The Morgan fingerprint density at radius 2 is 2.00 bits per heavy atom. The molecule has 2 atom stereocenters. The Labute approximate surface area is 171 Å². The third-order valence-electron chi connectivity index (χ3n) is 4.31. The fraction of sp³-hybridized carbons (Fsp3) is 0.368. The molecule has 1 amide bonds. The van der Waals surface area contributed by atoms with Crippen LogP contribution in [0.2, 0.25) is 0 Å². The molecule has 8 nitrogen and oxygen atoms in total. The van der Waals surface area contributed by atoms with Crippen LogP contribution >= 0.6 is 11.8 Å². The van der Waals surface area contributed by atoms with Crippen LogP contribution in [0.5, 0.6) is 5.75 Å². The van der Waals surface area contributed by atoms with E-state index in [2.05, 4.69) is 20.6 Å². The van der Waals surface area contributed by atoms with Crippen LogP contribution in [0.15, 0.2) is 33.9 Å². The number of carbonyl (C=O) groups is 1. The number of thioether (sulfide) groups is 1. The van der Waals surface area contributed by atoms with E-state index in [1.807, 2.05) is 20.9 Å². The Morgan fingerprint density at radius 3 is 2.66 bits per heavy atom. The average molecular weight is 419 g/mol. The van der Waals surface area contributed by atoms with Gasteiger partial charge >= 0.3 is 0 Å². The summed E-state index contributed by atoms with van der Waals surface area (Å²) in [4.78, 5) is 12.5. The molecule has 0 unspecified atom stereocenters. The van der Waals surface area contributed by atoms with Crippen molar-refractivity contribution in [3.05, 3.63) is 47.4 Å². The fourth-order valence-corrected chi connectivity index (χ4v) is 3.29. The molecule has 1 N–H and O–H groups in total. The molecular weight excluding hydrogens is 397 g/mol. The molecule has 0 fully saturated rings. The molecule has 3 aromatic rings. The van der Waals surface area contributed by atoms with Crippen LogP contribution < -0.4 is 10.1 Å². The van der Waals surface area contributed by atoms with Gasteiger partial charge in [-0.05, 0) is 39.8 Å². The number of halogens is 1. The number of para-hydroxylation sites is 1. The number of amides is 1. The van der Waals surface area contributed by atoms with Gasteiger partial charge in [0.25, 0.3) is 11.1 Å². The topological polar surface area (TPSA) is 95.1 Å². The lowest BCUT2D eigenvalue weighted by Gasteiger charge is -2.11. The Kier molecular flexibility index (Phi) is 6.21. The van der Waals surface area contributed by atoms with E-state index in [1.165, 1.54) is 12.1 Å². The third kappa shape index (κ3) is 4.76. The Hall–Kier alpha value is -2.88. The van der Waals surface area contributed by atoms with Crippen LogP contribution in [0.3, 0.4) is 0 Å². The van der Waals surface area contributed by atoms with Crippen LogP contribution in [0.1, 0.15) is 37.2 Å². The van der Waals surface area contributed by atoms with Crippen LogP contribution in [0.4, 0.5) is 10.1 Å². The average Bonchev–Trinajstić information content (AvgIpc) is 3.23. The van der Waals surface area contributed by atoms with Crippen molar-refractivity contribution < 1.29 is 18.3 Å². The Balaban J connectivity index is 1.61. The zero-order valence-electron chi connectivity index (χ0n) is 16.8. The number of hydrogen-bond donors (Lipinski definition) is 1. The van der Waals surface area contributed by atoms with Crippen LogP contribution in [-0.4, -0.2) is 31.1 Å². The van der Waals surface area contributed by atoms with Gasteiger partial charge in [0.2, 0.25) is 5.91 Å². The summed E-state index contributed by atoms with van der Waals surface area (Å²) in [6.07, 6.45) is -0.640. The number of aromatic nitrogens is 4. The maximum Gasteiger partial charge on any atom is 0.277 e. The number of rotatable bonds is 7. The number of nitrogens with one attached hydrogen (secondary N) is 1. The first kappa shape index (κ1) is 20.8. The zero-order chi connectivity index (χ0) is 21.1. The second-order valence-corrected chi connectivity index (χ2v) is 7.81. The molecule has 0 spiro atoms. The molecule has 29 heavy (non-hydrogen) atoms. The highest BCUT2D eigenvalue weighted by Gasteiger charge is 2.23. The molecule has 3 rings (SSSR count). The van der Waals surface area contributed by atoms with Crippen LogP contribution in [0.25, 0.3) is 0 Å². The number of nitrogens with zero attached hydrogens (tertiary/aromatic N) is 4. The van der Waals surface area contributed by atoms with E-state index in [0.29, 0.717) is 5.69 Å². The molecule has 0 aliphatic rings. The summed E-state index contributed by atoms with van der Waals surface area (Å²) in [6.45, 7) is 7.14. The molecule has 2 heterocycles. The summed E-state index contributed by atoms with van der Waals surface area (Å²) < 4.78 is 26.5. The second kappa shape index (κ2) is 8.64.